The van der Waals surface area contributed by atoms with Gasteiger partial charge in [-0.3, -0.25) is 0 Å². The van der Waals surface area contributed by atoms with Gasteiger partial charge in [0.2, 0.25) is 0 Å². The molecule has 1 saturated carbocycles. The van der Waals surface area contributed by atoms with Gasteiger partial charge in [0.15, 0.2) is 0 Å². The molecular weight excluding hydrogens is 198 g/mol. The number of hydrogen-bond acceptors (Lipinski definition) is 2. The Bertz CT molecular complexity index is 213. The van der Waals surface area contributed by atoms with Crippen LogP contribution in [0.15, 0.2) is 0 Å². The largest absolute Gasteiger partial charge is 0.392 e. The molecule has 0 bridgehead atoms. The zero-order valence-electron chi connectivity index (χ0n) is 11.4. The summed E-state index contributed by atoms with van der Waals surface area (Å²) in [6, 6.07) is 0. The molecule has 1 fully saturated rings. The second-order valence-corrected chi connectivity index (χ2v) is 6.60. The van der Waals surface area contributed by atoms with Gasteiger partial charge in [0, 0.05) is 0 Å². The van der Waals surface area contributed by atoms with Crippen molar-refractivity contribution in [2.75, 3.05) is 6.54 Å². The van der Waals surface area contributed by atoms with E-state index in [9.17, 15) is 5.11 Å². The molecule has 16 heavy (non-hydrogen) atoms. The lowest BCUT2D eigenvalue weighted by molar-refractivity contribution is 0.00502. The number of aliphatic hydroxyl groups excluding tert-OH is 1. The fraction of sp³-hybridized carbons (Fsp3) is 1.00. The smallest absolute Gasteiger partial charge is 0.0613 e. The molecule has 1 rings (SSSR count). The molecule has 0 amide bonds. The van der Waals surface area contributed by atoms with Gasteiger partial charge >= 0.3 is 0 Å². The first-order valence-corrected chi connectivity index (χ1v) is 6.76. The first-order valence-electron chi connectivity index (χ1n) is 6.76. The van der Waals surface area contributed by atoms with Gasteiger partial charge in [-0.2, -0.15) is 0 Å². The fourth-order valence-electron chi connectivity index (χ4n) is 3.30. The van der Waals surface area contributed by atoms with E-state index >= 15 is 0 Å². The summed E-state index contributed by atoms with van der Waals surface area (Å²) in [6.07, 6.45) is 4.51. The van der Waals surface area contributed by atoms with E-state index < -0.39 is 0 Å². The van der Waals surface area contributed by atoms with Gasteiger partial charge in [-0.25, -0.2) is 0 Å². The number of aliphatic hydroxyl groups is 1. The van der Waals surface area contributed by atoms with Crippen molar-refractivity contribution in [2.24, 2.45) is 28.9 Å². The van der Waals surface area contributed by atoms with Gasteiger partial charge in [-0.1, -0.05) is 34.1 Å². The molecule has 0 aliphatic heterocycles. The highest BCUT2D eigenvalue weighted by Gasteiger charge is 2.41. The van der Waals surface area contributed by atoms with Gasteiger partial charge in [0.1, 0.15) is 0 Å². The molecule has 1 aliphatic rings. The van der Waals surface area contributed by atoms with Gasteiger partial charge in [0.05, 0.1) is 6.10 Å². The lowest BCUT2D eigenvalue weighted by atomic mass is 9.73. The zero-order chi connectivity index (χ0) is 12.3. The summed E-state index contributed by atoms with van der Waals surface area (Å²) in [5, 5.41) is 10.5. The molecule has 2 heteroatoms. The summed E-state index contributed by atoms with van der Waals surface area (Å²) >= 11 is 0. The van der Waals surface area contributed by atoms with E-state index in [1.165, 1.54) is 19.3 Å². The van der Waals surface area contributed by atoms with Gasteiger partial charge in [0.25, 0.3) is 0 Å². The second kappa shape index (κ2) is 5.50. The van der Waals surface area contributed by atoms with E-state index in [1.807, 2.05) is 0 Å². The van der Waals surface area contributed by atoms with Gasteiger partial charge in [-0.15, -0.1) is 0 Å². The molecule has 1 aliphatic carbocycles. The Balaban J connectivity index is 2.63. The highest BCUT2D eigenvalue weighted by Crippen LogP contribution is 2.46. The molecule has 0 spiro atoms. The summed E-state index contributed by atoms with van der Waals surface area (Å²) in [4.78, 5) is 0. The second-order valence-electron chi connectivity index (χ2n) is 6.60. The van der Waals surface area contributed by atoms with Crippen molar-refractivity contribution in [2.45, 2.75) is 59.5 Å². The minimum absolute atomic E-state index is 0.204. The normalized spacial score (nSPS) is 28.3. The van der Waals surface area contributed by atoms with Gasteiger partial charge < -0.3 is 10.8 Å². The van der Waals surface area contributed by atoms with E-state index in [0.29, 0.717) is 23.8 Å². The Morgan fingerprint density at radius 3 is 2.38 bits per heavy atom. The molecule has 2 nitrogen and oxygen atoms in total. The van der Waals surface area contributed by atoms with Crippen molar-refractivity contribution in [3.05, 3.63) is 0 Å². The standard InChI is InChI=1S/C14H29NO/c1-10(2)8-11(9-15)13(16)12-6-5-7-14(12,3)4/h10-13,16H,5-9,15H2,1-4H3. The van der Waals surface area contributed by atoms with Crippen molar-refractivity contribution in [1.29, 1.82) is 0 Å². The van der Waals surface area contributed by atoms with Crippen LogP contribution >= 0.6 is 0 Å². The third-order valence-electron chi connectivity index (χ3n) is 4.31. The van der Waals surface area contributed by atoms with E-state index in [-0.39, 0.29) is 12.0 Å². The maximum absolute atomic E-state index is 10.5. The minimum Gasteiger partial charge on any atom is -0.392 e. The molecule has 0 heterocycles. The van der Waals surface area contributed by atoms with Crippen molar-refractivity contribution in [3.63, 3.8) is 0 Å². The van der Waals surface area contributed by atoms with Crippen LogP contribution in [-0.2, 0) is 0 Å². The number of nitrogens with two attached hydrogens (primary N) is 1. The van der Waals surface area contributed by atoms with Crippen LogP contribution in [0.5, 0.6) is 0 Å². The third kappa shape index (κ3) is 3.21. The monoisotopic (exact) mass is 227 g/mol. The molecule has 0 aromatic rings. The minimum atomic E-state index is -0.204. The highest BCUT2D eigenvalue weighted by molar-refractivity contribution is 4.91. The molecule has 3 unspecified atom stereocenters. The van der Waals surface area contributed by atoms with Crippen LogP contribution in [0, 0.1) is 23.2 Å². The van der Waals surface area contributed by atoms with E-state index in [0.717, 1.165) is 6.42 Å². The number of rotatable bonds is 5. The van der Waals surface area contributed by atoms with Crippen molar-refractivity contribution < 1.29 is 5.11 Å². The zero-order valence-corrected chi connectivity index (χ0v) is 11.4. The van der Waals surface area contributed by atoms with Crippen molar-refractivity contribution >= 4 is 0 Å². The predicted octanol–water partition coefficient (Wildman–Crippen LogP) is 2.79. The average Bonchev–Trinajstić information content (AvgIpc) is 2.53. The summed E-state index contributed by atoms with van der Waals surface area (Å²) < 4.78 is 0. The molecule has 0 saturated heterocycles. The Morgan fingerprint density at radius 1 is 1.38 bits per heavy atom. The van der Waals surface area contributed by atoms with Crippen LogP contribution in [0.2, 0.25) is 0 Å². The van der Waals surface area contributed by atoms with Crippen LogP contribution in [0.4, 0.5) is 0 Å². The Hall–Kier alpha value is -0.0800. The van der Waals surface area contributed by atoms with E-state index in [1.54, 1.807) is 0 Å². The van der Waals surface area contributed by atoms with Crippen LogP contribution in [0.25, 0.3) is 0 Å². The van der Waals surface area contributed by atoms with Crippen LogP contribution in [0.3, 0.4) is 0 Å². The molecule has 0 aromatic heterocycles. The Kier molecular flexibility index (Phi) is 4.81. The van der Waals surface area contributed by atoms with Crippen molar-refractivity contribution in [1.82, 2.24) is 0 Å². The maximum atomic E-state index is 10.5. The lowest BCUT2D eigenvalue weighted by Gasteiger charge is -2.35. The van der Waals surface area contributed by atoms with Gasteiger partial charge in [-0.05, 0) is 49.0 Å². The molecule has 3 N–H and O–H groups in total. The van der Waals surface area contributed by atoms with Crippen molar-refractivity contribution in [3.8, 4) is 0 Å². The SMILES string of the molecule is CC(C)CC(CN)C(O)C1CCCC1(C)C. The summed E-state index contributed by atoms with van der Waals surface area (Å²) in [7, 11) is 0. The first-order chi connectivity index (χ1) is 7.38. The molecule has 96 valence electrons. The summed E-state index contributed by atoms with van der Waals surface area (Å²) in [6.45, 7) is 9.60. The van der Waals surface area contributed by atoms with Crippen LogP contribution in [0.1, 0.15) is 53.4 Å². The van der Waals surface area contributed by atoms with Crippen LogP contribution in [-0.4, -0.2) is 17.8 Å². The van der Waals surface area contributed by atoms with E-state index in [4.69, 9.17) is 5.73 Å². The summed E-state index contributed by atoms with van der Waals surface area (Å²) in [5.74, 6) is 1.34. The summed E-state index contributed by atoms with van der Waals surface area (Å²) in [5.41, 5.74) is 6.11. The van der Waals surface area contributed by atoms with Crippen LogP contribution < -0.4 is 5.73 Å². The maximum Gasteiger partial charge on any atom is 0.0613 e. The first kappa shape index (κ1) is 14.0. The average molecular weight is 227 g/mol. The lowest BCUT2D eigenvalue weighted by Crippen LogP contribution is -2.39. The predicted molar refractivity (Wildman–Crippen MR) is 69.1 cm³/mol. The topological polar surface area (TPSA) is 46.2 Å². The van der Waals surface area contributed by atoms with E-state index in [2.05, 4.69) is 27.7 Å². The molecular formula is C14H29NO. The number of hydrogen-bond donors (Lipinski definition) is 2. The Labute approximate surface area is 101 Å². The quantitative estimate of drug-likeness (QED) is 0.758. The highest BCUT2D eigenvalue weighted by atomic mass is 16.3. The molecule has 3 atom stereocenters. The fourth-order valence-corrected chi connectivity index (χ4v) is 3.30. The molecule has 0 aromatic carbocycles. The Morgan fingerprint density at radius 2 is 2.00 bits per heavy atom. The molecule has 0 radical (unpaired) electrons. The third-order valence-corrected chi connectivity index (χ3v) is 4.31.